The molecular formula is C37H49N7O8. The number of carbonyl (C=O) groups excluding carboxylic acids is 6. The van der Waals surface area contributed by atoms with Gasteiger partial charge >= 0.3 is 5.97 Å². The van der Waals surface area contributed by atoms with Gasteiger partial charge in [-0.15, -0.1) is 0 Å². The van der Waals surface area contributed by atoms with Gasteiger partial charge in [0.1, 0.15) is 30.5 Å². The monoisotopic (exact) mass is 719 g/mol. The third-order valence-electron chi connectivity index (χ3n) is 8.26. The Labute approximate surface area is 302 Å². The van der Waals surface area contributed by atoms with Crippen LogP contribution >= 0.6 is 0 Å². The number of carbonyl (C=O) groups is 7. The molecule has 0 aliphatic rings. The first kappa shape index (κ1) is 40.9. The summed E-state index contributed by atoms with van der Waals surface area (Å²) in [5.74, 6) is -4.73. The minimum absolute atomic E-state index is 0.00754. The highest BCUT2D eigenvalue weighted by Crippen LogP contribution is 2.19. The first-order valence-corrected chi connectivity index (χ1v) is 17.2. The second-order valence-corrected chi connectivity index (χ2v) is 13.3. The summed E-state index contributed by atoms with van der Waals surface area (Å²) in [5.41, 5.74) is 8.08. The van der Waals surface area contributed by atoms with Crippen molar-refractivity contribution in [2.75, 3.05) is 0 Å². The number of aldehydes is 1. The van der Waals surface area contributed by atoms with Crippen LogP contribution in [0, 0.1) is 5.92 Å². The first-order chi connectivity index (χ1) is 24.7. The standard InChI is InChI=1S/C37H49N7O8/c1-21(2)16-29(43-37(52)31(42-33(48)23(4)38)18-25-19-39-27-13-9-8-12-26(25)27)35(50)44-30(17-24-10-6-5-7-11-24)36(51)41-28(14-15-32(46)47)34(49)40-22(3)20-45/h5-13,19-23,28-31,39H,14-18,38H2,1-4H3,(H,40,49)(H,41,51)(H,42,48)(H,43,52)(H,44,50)(H,46,47)/t22-,23-,28-,29-,30-,31-/m0/s1. The highest BCUT2D eigenvalue weighted by Gasteiger charge is 2.33. The maximum absolute atomic E-state index is 14.0. The van der Waals surface area contributed by atoms with Gasteiger partial charge in [0.25, 0.3) is 0 Å². The summed E-state index contributed by atoms with van der Waals surface area (Å²) in [6.45, 7) is 6.62. The Hall–Kier alpha value is -5.57. The van der Waals surface area contributed by atoms with E-state index in [-0.39, 0.29) is 31.6 Å². The molecule has 6 atom stereocenters. The topological polar surface area (TPSA) is 242 Å². The summed E-state index contributed by atoms with van der Waals surface area (Å²) in [4.78, 5) is 92.9. The SMILES string of the molecule is CC(C)C[C@H](NC(=O)[C@H](Cc1c[nH]c2ccccc12)NC(=O)[C@H](C)N)C(=O)N[C@@H](Cc1ccccc1)C(=O)N[C@@H](CCC(=O)O)C(=O)N[C@@H](C)C=O. The largest absolute Gasteiger partial charge is 0.481 e. The molecule has 15 heteroatoms. The number of carboxylic acids is 1. The van der Waals surface area contributed by atoms with E-state index in [9.17, 15) is 38.7 Å². The van der Waals surface area contributed by atoms with Gasteiger partial charge in [0, 0.05) is 36.4 Å². The summed E-state index contributed by atoms with van der Waals surface area (Å²) < 4.78 is 0. The molecule has 52 heavy (non-hydrogen) atoms. The van der Waals surface area contributed by atoms with Gasteiger partial charge in [0.05, 0.1) is 12.1 Å². The molecule has 9 N–H and O–H groups in total. The molecule has 280 valence electrons. The Morgan fingerprint density at radius 1 is 0.712 bits per heavy atom. The van der Waals surface area contributed by atoms with Gasteiger partial charge in [-0.2, -0.15) is 0 Å². The lowest BCUT2D eigenvalue weighted by atomic mass is 9.99. The van der Waals surface area contributed by atoms with Crippen LogP contribution in [0.5, 0.6) is 0 Å². The van der Waals surface area contributed by atoms with Gasteiger partial charge in [-0.1, -0.05) is 62.4 Å². The zero-order chi connectivity index (χ0) is 38.4. The average Bonchev–Trinajstić information content (AvgIpc) is 3.51. The highest BCUT2D eigenvalue weighted by atomic mass is 16.4. The lowest BCUT2D eigenvalue weighted by Gasteiger charge is -2.27. The molecule has 1 aromatic heterocycles. The summed E-state index contributed by atoms with van der Waals surface area (Å²) in [6.07, 6.45) is 1.76. The number of aromatic amines is 1. The van der Waals surface area contributed by atoms with Gasteiger partial charge in [-0.05, 0) is 49.8 Å². The van der Waals surface area contributed by atoms with E-state index in [1.165, 1.54) is 13.8 Å². The van der Waals surface area contributed by atoms with Crippen molar-refractivity contribution in [2.24, 2.45) is 11.7 Å². The molecule has 0 spiro atoms. The molecule has 0 fully saturated rings. The maximum atomic E-state index is 14.0. The summed E-state index contributed by atoms with van der Waals surface area (Å²) in [5, 5.41) is 23.2. The highest BCUT2D eigenvalue weighted by molar-refractivity contribution is 5.96. The zero-order valence-corrected chi connectivity index (χ0v) is 29.8. The van der Waals surface area contributed by atoms with Crippen molar-refractivity contribution in [3.05, 3.63) is 71.9 Å². The fraction of sp³-hybridized carbons (Fsp3) is 0.432. The minimum atomic E-state index is -1.33. The van der Waals surface area contributed by atoms with Crippen molar-refractivity contribution in [3.8, 4) is 0 Å². The zero-order valence-electron chi connectivity index (χ0n) is 29.8. The summed E-state index contributed by atoms with van der Waals surface area (Å²) in [6, 6.07) is 9.62. The number of hydrogen-bond donors (Lipinski definition) is 8. The molecule has 0 unspecified atom stereocenters. The molecule has 0 bridgehead atoms. The van der Waals surface area contributed by atoms with E-state index in [4.69, 9.17) is 5.73 Å². The van der Waals surface area contributed by atoms with Gasteiger partial charge in [-0.3, -0.25) is 28.8 Å². The molecule has 0 aliphatic carbocycles. The van der Waals surface area contributed by atoms with Crippen LogP contribution in [0.4, 0.5) is 0 Å². The number of nitrogens with one attached hydrogen (secondary N) is 6. The molecule has 3 rings (SSSR count). The molecular weight excluding hydrogens is 670 g/mol. The number of carboxylic acid groups (broad SMARTS) is 1. The molecule has 15 nitrogen and oxygen atoms in total. The van der Waals surface area contributed by atoms with Crippen LogP contribution in [0.3, 0.4) is 0 Å². The average molecular weight is 720 g/mol. The second kappa shape index (κ2) is 19.7. The van der Waals surface area contributed by atoms with Crippen LogP contribution in [0.1, 0.15) is 58.1 Å². The Balaban J connectivity index is 1.89. The van der Waals surface area contributed by atoms with Crippen molar-refractivity contribution < 1.29 is 38.7 Å². The van der Waals surface area contributed by atoms with Crippen LogP contribution in [-0.4, -0.2) is 88.1 Å². The summed E-state index contributed by atoms with van der Waals surface area (Å²) in [7, 11) is 0. The van der Waals surface area contributed by atoms with Gasteiger partial charge < -0.3 is 47.2 Å². The van der Waals surface area contributed by atoms with E-state index in [1.54, 1.807) is 36.5 Å². The van der Waals surface area contributed by atoms with Gasteiger partial charge in [0.2, 0.25) is 29.5 Å². The van der Waals surface area contributed by atoms with E-state index in [1.807, 2.05) is 38.1 Å². The Kier molecular flexibility index (Phi) is 15.5. The lowest BCUT2D eigenvalue weighted by Crippen LogP contribution is -2.59. The third-order valence-corrected chi connectivity index (χ3v) is 8.26. The Morgan fingerprint density at radius 3 is 1.87 bits per heavy atom. The number of aromatic nitrogens is 1. The first-order valence-electron chi connectivity index (χ1n) is 17.2. The van der Waals surface area contributed by atoms with Crippen LogP contribution in [0.2, 0.25) is 0 Å². The molecule has 0 saturated carbocycles. The quantitative estimate of drug-likeness (QED) is 0.0771. The molecule has 0 radical (unpaired) electrons. The fourth-order valence-electron chi connectivity index (χ4n) is 5.51. The third kappa shape index (κ3) is 12.6. The van der Waals surface area contributed by atoms with E-state index in [0.29, 0.717) is 11.8 Å². The molecule has 5 amide bonds. The Morgan fingerprint density at radius 2 is 1.25 bits per heavy atom. The molecule has 2 aromatic carbocycles. The number of amides is 5. The Bertz CT molecular complexity index is 1710. The van der Waals surface area contributed by atoms with Crippen LogP contribution in [0.25, 0.3) is 10.9 Å². The van der Waals surface area contributed by atoms with Crippen molar-refractivity contribution in [1.29, 1.82) is 0 Å². The van der Waals surface area contributed by atoms with Crippen molar-refractivity contribution in [2.45, 2.75) is 96.1 Å². The molecule has 1 heterocycles. The number of hydrogen-bond acceptors (Lipinski definition) is 8. The van der Waals surface area contributed by atoms with Crippen molar-refractivity contribution in [3.63, 3.8) is 0 Å². The molecule has 3 aromatic rings. The van der Waals surface area contributed by atoms with Crippen molar-refractivity contribution >= 4 is 52.7 Å². The number of nitrogens with two attached hydrogens (primary N) is 1. The smallest absolute Gasteiger partial charge is 0.303 e. The second-order valence-electron chi connectivity index (χ2n) is 13.3. The summed E-state index contributed by atoms with van der Waals surface area (Å²) >= 11 is 0. The van der Waals surface area contributed by atoms with E-state index in [0.717, 1.165) is 16.5 Å². The van der Waals surface area contributed by atoms with Crippen LogP contribution in [0.15, 0.2) is 60.8 Å². The molecule has 0 saturated heterocycles. The van der Waals surface area contributed by atoms with Gasteiger partial charge in [-0.25, -0.2) is 0 Å². The number of aliphatic carboxylic acids is 1. The van der Waals surface area contributed by atoms with E-state index in [2.05, 4.69) is 31.6 Å². The number of para-hydroxylation sites is 1. The normalized spacial score (nSPS) is 14.6. The fourth-order valence-corrected chi connectivity index (χ4v) is 5.51. The predicted molar refractivity (Wildman–Crippen MR) is 194 cm³/mol. The number of rotatable bonds is 20. The van der Waals surface area contributed by atoms with Gasteiger partial charge in [0.15, 0.2) is 0 Å². The van der Waals surface area contributed by atoms with Crippen LogP contribution < -0.4 is 32.3 Å². The predicted octanol–water partition coefficient (Wildman–Crippen LogP) is 0.854. The maximum Gasteiger partial charge on any atom is 0.303 e. The molecule has 0 aliphatic heterocycles. The lowest BCUT2D eigenvalue weighted by molar-refractivity contribution is -0.138. The van der Waals surface area contributed by atoms with E-state index < -0.39 is 78.2 Å². The minimum Gasteiger partial charge on any atom is -0.481 e. The van der Waals surface area contributed by atoms with Crippen LogP contribution in [-0.2, 0) is 46.4 Å². The number of fused-ring (bicyclic) bond motifs is 1. The number of H-pyrrole nitrogens is 1. The number of benzene rings is 2. The van der Waals surface area contributed by atoms with Crippen molar-refractivity contribution in [1.82, 2.24) is 31.6 Å². The van der Waals surface area contributed by atoms with E-state index >= 15 is 0 Å².